The molecule has 0 bridgehead atoms. The van der Waals surface area contributed by atoms with Crippen LogP contribution in [0, 0.1) is 11.7 Å². The Kier molecular flexibility index (Phi) is 7.04. The fraction of sp³-hybridized carbons (Fsp3) is 0.261. The van der Waals surface area contributed by atoms with Crippen molar-refractivity contribution in [3.05, 3.63) is 76.0 Å². The average molecular weight is 468 g/mol. The van der Waals surface area contributed by atoms with Crippen molar-refractivity contribution in [2.75, 3.05) is 18.4 Å². The number of likely N-dealkylation sites (tertiary alicyclic amines) is 1. The van der Waals surface area contributed by atoms with Gasteiger partial charge in [0.2, 0.25) is 15.9 Å². The van der Waals surface area contributed by atoms with Gasteiger partial charge in [-0.25, -0.2) is 4.39 Å². The van der Waals surface area contributed by atoms with E-state index in [9.17, 15) is 18.8 Å². The van der Waals surface area contributed by atoms with Crippen molar-refractivity contribution in [3.8, 4) is 0 Å². The topological polar surface area (TPSA) is 104 Å². The highest BCUT2D eigenvalue weighted by Gasteiger charge is 2.31. The van der Waals surface area contributed by atoms with Gasteiger partial charge >= 0.3 is 0 Å². The molecule has 2 aromatic carbocycles. The molecule has 8 nitrogen and oxygen atoms in total. The van der Waals surface area contributed by atoms with Crippen molar-refractivity contribution in [1.82, 2.24) is 20.4 Å². The van der Waals surface area contributed by atoms with E-state index in [1.165, 1.54) is 6.07 Å². The molecule has 10 heteroatoms. The Morgan fingerprint density at radius 3 is 2.55 bits per heavy atom. The molecule has 1 atom stereocenters. The zero-order chi connectivity index (χ0) is 23.2. The van der Waals surface area contributed by atoms with E-state index in [0.29, 0.717) is 30.6 Å². The van der Waals surface area contributed by atoms with Crippen LogP contribution in [0.3, 0.4) is 0 Å². The Hall–Kier alpha value is -3.66. The lowest BCUT2D eigenvalue weighted by Crippen LogP contribution is -2.45. The van der Waals surface area contributed by atoms with Crippen molar-refractivity contribution in [2.45, 2.75) is 19.4 Å². The highest BCUT2D eigenvalue weighted by atomic mass is 32.1. The number of piperidine rings is 1. The van der Waals surface area contributed by atoms with Gasteiger partial charge in [-0.15, -0.1) is 10.2 Å². The van der Waals surface area contributed by atoms with Gasteiger partial charge in [-0.05, 0) is 31.0 Å². The molecule has 2 N–H and O–H groups in total. The molecule has 1 aliphatic heterocycles. The highest BCUT2D eigenvalue weighted by molar-refractivity contribution is 7.15. The van der Waals surface area contributed by atoms with Gasteiger partial charge in [0.1, 0.15) is 5.82 Å². The molecule has 33 heavy (non-hydrogen) atoms. The van der Waals surface area contributed by atoms with Crippen LogP contribution in [0.25, 0.3) is 0 Å². The zero-order valence-electron chi connectivity index (χ0n) is 17.7. The number of halogens is 1. The smallest absolute Gasteiger partial charge is 0.286 e. The van der Waals surface area contributed by atoms with Crippen molar-refractivity contribution < 1.29 is 18.8 Å². The lowest BCUT2D eigenvalue weighted by Gasteiger charge is -2.31. The van der Waals surface area contributed by atoms with Crippen LogP contribution in [0.5, 0.6) is 0 Å². The molecule has 1 saturated heterocycles. The summed E-state index contributed by atoms with van der Waals surface area (Å²) in [4.78, 5) is 39.4. The quantitative estimate of drug-likeness (QED) is 0.580. The Balaban J connectivity index is 1.34. The van der Waals surface area contributed by atoms with Gasteiger partial charge in [-0.1, -0.05) is 47.7 Å². The summed E-state index contributed by atoms with van der Waals surface area (Å²) in [6.45, 7) is 0.806. The second-order valence-electron chi connectivity index (χ2n) is 7.63. The van der Waals surface area contributed by atoms with Gasteiger partial charge in [0.05, 0.1) is 5.92 Å². The summed E-state index contributed by atoms with van der Waals surface area (Å²) in [7, 11) is 0. The van der Waals surface area contributed by atoms with Crippen LogP contribution in [0.1, 0.15) is 38.0 Å². The lowest BCUT2D eigenvalue weighted by atomic mass is 9.97. The number of anilines is 1. The highest BCUT2D eigenvalue weighted by Crippen LogP contribution is 2.21. The van der Waals surface area contributed by atoms with Crippen molar-refractivity contribution in [1.29, 1.82) is 0 Å². The minimum Gasteiger partial charge on any atom is -0.352 e. The monoisotopic (exact) mass is 467 g/mol. The molecule has 1 aromatic heterocycles. The van der Waals surface area contributed by atoms with Gasteiger partial charge < -0.3 is 15.5 Å². The molecule has 3 amide bonds. The van der Waals surface area contributed by atoms with Crippen molar-refractivity contribution >= 4 is 34.7 Å². The fourth-order valence-electron chi connectivity index (χ4n) is 3.59. The molecule has 1 fully saturated rings. The molecular weight excluding hydrogens is 445 g/mol. The van der Waals surface area contributed by atoms with Gasteiger partial charge in [0.15, 0.2) is 0 Å². The van der Waals surface area contributed by atoms with Gasteiger partial charge in [0.25, 0.3) is 11.8 Å². The first-order valence-corrected chi connectivity index (χ1v) is 11.3. The zero-order valence-corrected chi connectivity index (χ0v) is 18.5. The lowest BCUT2D eigenvalue weighted by molar-refractivity contribution is -0.126. The molecule has 1 aliphatic rings. The largest absolute Gasteiger partial charge is 0.352 e. The molecule has 170 valence electrons. The summed E-state index contributed by atoms with van der Waals surface area (Å²) in [5.74, 6) is -1.81. The normalized spacial score (nSPS) is 15.7. The number of nitrogens with zero attached hydrogens (tertiary/aromatic N) is 3. The summed E-state index contributed by atoms with van der Waals surface area (Å²) in [5.41, 5.74) is 1.02. The SMILES string of the molecule is O=C(Nc1ccccc1)c1nnc(C(=O)N2CCCC(C(=O)NCc3ccccc3F)C2)s1. The number of benzene rings is 2. The van der Waals surface area contributed by atoms with E-state index >= 15 is 0 Å². The summed E-state index contributed by atoms with van der Waals surface area (Å²) in [5, 5.41) is 13.4. The van der Waals surface area contributed by atoms with Crippen LogP contribution in [-0.4, -0.2) is 45.9 Å². The van der Waals surface area contributed by atoms with E-state index in [2.05, 4.69) is 20.8 Å². The van der Waals surface area contributed by atoms with E-state index in [-0.39, 0.29) is 40.7 Å². The maximum atomic E-state index is 13.8. The Morgan fingerprint density at radius 2 is 1.76 bits per heavy atom. The van der Waals surface area contributed by atoms with Crippen LogP contribution in [-0.2, 0) is 11.3 Å². The third-order valence-electron chi connectivity index (χ3n) is 5.32. The Morgan fingerprint density at radius 1 is 1.03 bits per heavy atom. The molecule has 4 rings (SSSR count). The summed E-state index contributed by atoms with van der Waals surface area (Å²) in [6.07, 6.45) is 1.29. The predicted molar refractivity (Wildman–Crippen MR) is 121 cm³/mol. The molecular formula is C23H22FN5O3S. The van der Waals surface area contributed by atoms with Crippen LogP contribution in [0.4, 0.5) is 10.1 Å². The summed E-state index contributed by atoms with van der Waals surface area (Å²) in [6, 6.07) is 15.2. The number of carbonyl (C=O) groups is 3. The third kappa shape index (κ3) is 5.58. The summed E-state index contributed by atoms with van der Waals surface area (Å²) < 4.78 is 13.8. The number of carbonyl (C=O) groups excluding carboxylic acids is 3. The predicted octanol–water partition coefficient (Wildman–Crippen LogP) is 3.10. The van der Waals surface area contributed by atoms with Crippen LogP contribution in [0.15, 0.2) is 54.6 Å². The molecule has 0 saturated carbocycles. The standard InChI is InChI=1S/C23H22FN5O3S/c24-18-11-5-4-7-15(18)13-25-19(30)16-8-6-12-29(14-16)23(32)22-28-27-21(33-22)20(31)26-17-9-2-1-3-10-17/h1-5,7,9-11,16H,6,8,12-14H2,(H,25,30)(H,26,31). The second kappa shape index (κ2) is 10.3. The number of amides is 3. The van der Waals surface area contributed by atoms with Gasteiger partial charge in [0, 0.05) is 30.9 Å². The number of hydrogen-bond acceptors (Lipinski definition) is 6. The third-order valence-corrected chi connectivity index (χ3v) is 6.23. The molecule has 1 unspecified atom stereocenters. The fourth-order valence-corrected chi connectivity index (χ4v) is 4.29. The first-order chi connectivity index (χ1) is 16.0. The van der Waals surface area contributed by atoms with E-state index in [0.717, 1.165) is 11.3 Å². The number of hydrogen-bond donors (Lipinski definition) is 2. The molecule has 0 radical (unpaired) electrons. The first kappa shape index (κ1) is 22.5. The van der Waals surface area contributed by atoms with E-state index in [1.807, 2.05) is 6.07 Å². The van der Waals surface area contributed by atoms with Crippen LogP contribution >= 0.6 is 11.3 Å². The minimum atomic E-state index is -0.443. The average Bonchev–Trinajstić information content (AvgIpc) is 3.34. The van der Waals surface area contributed by atoms with Gasteiger partial charge in [-0.2, -0.15) is 0 Å². The number of para-hydroxylation sites is 1. The van der Waals surface area contributed by atoms with Crippen LogP contribution in [0.2, 0.25) is 0 Å². The molecule has 0 spiro atoms. The molecule has 2 heterocycles. The maximum absolute atomic E-state index is 13.8. The maximum Gasteiger partial charge on any atom is 0.286 e. The van der Waals surface area contributed by atoms with Gasteiger partial charge in [-0.3, -0.25) is 14.4 Å². The molecule has 3 aromatic rings. The number of rotatable bonds is 6. The van der Waals surface area contributed by atoms with E-state index < -0.39 is 11.8 Å². The first-order valence-electron chi connectivity index (χ1n) is 10.5. The second-order valence-corrected chi connectivity index (χ2v) is 8.61. The summed E-state index contributed by atoms with van der Waals surface area (Å²) >= 11 is 0.913. The number of aromatic nitrogens is 2. The van der Waals surface area contributed by atoms with Crippen LogP contribution < -0.4 is 10.6 Å². The molecule has 0 aliphatic carbocycles. The Bertz CT molecular complexity index is 1150. The van der Waals surface area contributed by atoms with E-state index in [4.69, 9.17) is 0 Å². The number of nitrogens with one attached hydrogen (secondary N) is 2. The minimum absolute atomic E-state index is 0.0818. The van der Waals surface area contributed by atoms with Crippen molar-refractivity contribution in [3.63, 3.8) is 0 Å². The van der Waals surface area contributed by atoms with E-state index in [1.54, 1.807) is 47.4 Å². The Labute approximate surface area is 193 Å². The van der Waals surface area contributed by atoms with Crippen molar-refractivity contribution in [2.24, 2.45) is 5.92 Å².